The molecular weight excluding hydrogens is 350 g/mol. The van der Waals surface area contributed by atoms with Crippen LogP contribution in [0.1, 0.15) is 32.1 Å². The highest BCUT2D eigenvalue weighted by molar-refractivity contribution is 7.15. The summed E-state index contributed by atoms with van der Waals surface area (Å²) in [5, 5.41) is 6.75. The lowest BCUT2D eigenvalue weighted by Gasteiger charge is -2.19. The van der Waals surface area contributed by atoms with E-state index in [1.54, 1.807) is 6.20 Å². The number of hydrogen-bond donors (Lipinski definition) is 2. The molecule has 1 aromatic carbocycles. The highest BCUT2D eigenvalue weighted by Crippen LogP contribution is 2.27. The highest BCUT2D eigenvalue weighted by atomic mass is 32.1. The second-order valence-corrected chi connectivity index (χ2v) is 8.03. The molecule has 2 aromatic rings. The molecule has 7 heteroatoms. The minimum Gasteiger partial charge on any atom is -0.494 e. The number of nitrogens with zero attached hydrogens (tertiary/aromatic N) is 1. The van der Waals surface area contributed by atoms with Crippen molar-refractivity contribution in [2.75, 3.05) is 20.2 Å². The van der Waals surface area contributed by atoms with E-state index in [1.807, 2.05) is 52.1 Å². The van der Waals surface area contributed by atoms with Gasteiger partial charge in [-0.2, -0.15) is 0 Å². The van der Waals surface area contributed by atoms with Crippen molar-refractivity contribution in [3.63, 3.8) is 0 Å². The molecular formula is C19H27N3O3S. The maximum absolute atomic E-state index is 11.7. The van der Waals surface area contributed by atoms with E-state index < -0.39 is 6.09 Å². The van der Waals surface area contributed by atoms with Crippen LogP contribution in [0.4, 0.5) is 4.79 Å². The molecule has 0 radical (unpaired) electrons. The van der Waals surface area contributed by atoms with E-state index in [1.165, 1.54) is 11.3 Å². The fraction of sp³-hybridized carbons (Fsp3) is 0.474. The lowest BCUT2D eigenvalue weighted by Crippen LogP contribution is -2.40. The fourth-order valence-electron chi connectivity index (χ4n) is 2.12. The van der Waals surface area contributed by atoms with Gasteiger partial charge in [0.2, 0.25) is 0 Å². The van der Waals surface area contributed by atoms with Gasteiger partial charge in [0.05, 0.1) is 11.5 Å². The second-order valence-electron chi connectivity index (χ2n) is 6.91. The standard InChI is InChI=1S/C19H27N3O3S/c1-19(2,3)22-18(23)25-13-16-12-21-17(26-16)14-6-8-15(9-7-14)24-11-5-10-20-4/h6-9,12,20H,5,10-11,13H2,1-4H3,(H,22,23). The maximum Gasteiger partial charge on any atom is 0.407 e. The minimum absolute atomic E-state index is 0.215. The van der Waals surface area contributed by atoms with Crippen LogP contribution in [0.5, 0.6) is 5.75 Å². The smallest absolute Gasteiger partial charge is 0.407 e. The Balaban J connectivity index is 1.85. The van der Waals surface area contributed by atoms with Crippen molar-refractivity contribution in [2.24, 2.45) is 0 Å². The minimum atomic E-state index is -0.424. The number of carbonyl (C=O) groups is 1. The quantitative estimate of drug-likeness (QED) is 0.684. The number of rotatable bonds is 8. The third-order valence-corrected chi connectivity index (χ3v) is 4.34. The molecule has 0 fully saturated rings. The molecule has 6 nitrogen and oxygen atoms in total. The maximum atomic E-state index is 11.7. The summed E-state index contributed by atoms with van der Waals surface area (Å²) in [6.07, 6.45) is 2.29. The zero-order chi connectivity index (χ0) is 19.0. The van der Waals surface area contributed by atoms with Crippen molar-refractivity contribution < 1.29 is 14.3 Å². The van der Waals surface area contributed by atoms with Crippen LogP contribution in [0.25, 0.3) is 10.6 Å². The van der Waals surface area contributed by atoms with Crippen LogP contribution in [0.15, 0.2) is 30.5 Å². The number of benzene rings is 1. The Morgan fingerprint density at radius 1 is 1.23 bits per heavy atom. The van der Waals surface area contributed by atoms with Gasteiger partial charge in [-0.05, 0) is 65.0 Å². The Morgan fingerprint density at radius 2 is 1.96 bits per heavy atom. The van der Waals surface area contributed by atoms with Crippen molar-refractivity contribution in [1.82, 2.24) is 15.6 Å². The Labute approximate surface area is 158 Å². The summed E-state index contributed by atoms with van der Waals surface area (Å²) in [4.78, 5) is 17.0. The molecule has 1 amide bonds. The van der Waals surface area contributed by atoms with Gasteiger partial charge in [0, 0.05) is 17.3 Å². The number of amides is 1. The highest BCUT2D eigenvalue weighted by Gasteiger charge is 2.15. The average molecular weight is 378 g/mol. The molecule has 0 unspecified atom stereocenters. The third kappa shape index (κ3) is 7.01. The predicted octanol–water partition coefficient (Wildman–Crippen LogP) is 3.82. The number of thiazole rings is 1. The van der Waals surface area contributed by atoms with E-state index >= 15 is 0 Å². The second kappa shape index (κ2) is 9.54. The van der Waals surface area contributed by atoms with Gasteiger partial charge in [0.25, 0.3) is 0 Å². The van der Waals surface area contributed by atoms with Crippen molar-refractivity contribution in [1.29, 1.82) is 0 Å². The monoisotopic (exact) mass is 377 g/mol. The van der Waals surface area contributed by atoms with Crippen LogP contribution < -0.4 is 15.4 Å². The molecule has 0 aliphatic rings. The molecule has 0 saturated carbocycles. The number of alkyl carbamates (subject to hydrolysis) is 1. The van der Waals surface area contributed by atoms with Crippen LogP contribution in [0.2, 0.25) is 0 Å². The van der Waals surface area contributed by atoms with Gasteiger partial charge >= 0.3 is 6.09 Å². The largest absolute Gasteiger partial charge is 0.494 e. The van der Waals surface area contributed by atoms with Crippen LogP contribution in [0.3, 0.4) is 0 Å². The van der Waals surface area contributed by atoms with Gasteiger partial charge in [-0.3, -0.25) is 0 Å². The number of carbonyl (C=O) groups excluding carboxylic acids is 1. The molecule has 1 aromatic heterocycles. The predicted molar refractivity (Wildman–Crippen MR) is 105 cm³/mol. The first-order chi connectivity index (χ1) is 12.4. The van der Waals surface area contributed by atoms with Gasteiger partial charge in [-0.15, -0.1) is 11.3 Å². The SMILES string of the molecule is CNCCCOc1ccc(-c2ncc(COC(=O)NC(C)(C)C)s2)cc1. The number of ether oxygens (including phenoxy) is 2. The van der Waals surface area contributed by atoms with E-state index in [9.17, 15) is 4.79 Å². The zero-order valence-electron chi connectivity index (χ0n) is 15.8. The van der Waals surface area contributed by atoms with Crippen LogP contribution >= 0.6 is 11.3 Å². The van der Waals surface area contributed by atoms with Gasteiger partial charge in [-0.25, -0.2) is 9.78 Å². The first kappa shape index (κ1) is 20.2. The summed E-state index contributed by atoms with van der Waals surface area (Å²) < 4.78 is 10.9. The lowest BCUT2D eigenvalue weighted by molar-refractivity contribution is 0.132. The summed E-state index contributed by atoms with van der Waals surface area (Å²) in [6, 6.07) is 7.87. The average Bonchev–Trinajstić information content (AvgIpc) is 3.05. The first-order valence-corrected chi connectivity index (χ1v) is 9.46. The molecule has 2 N–H and O–H groups in total. The molecule has 142 valence electrons. The first-order valence-electron chi connectivity index (χ1n) is 8.65. The molecule has 0 spiro atoms. The van der Waals surface area contributed by atoms with Gasteiger partial charge < -0.3 is 20.1 Å². The fourth-order valence-corrected chi connectivity index (χ4v) is 2.95. The molecule has 0 atom stereocenters. The van der Waals surface area contributed by atoms with E-state index in [2.05, 4.69) is 15.6 Å². The molecule has 0 bridgehead atoms. The summed E-state index contributed by atoms with van der Waals surface area (Å²) >= 11 is 1.51. The van der Waals surface area contributed by atoms with Gasteiger partial charge in [0.1, 0.15) is 17.4 Å². The van der Waals surface area contributed by atoms with E-state index in [-0.39, 0.29) is 12.1 Å². The summed E-state index contributed by atoms with van der Waals surface area (Å²) in [6.45, 7) is 7.57. The summed E-state index contributed by atoms with van der Waals surface area (Å²) in [5.41, 5.74) is 0.704. The molecule has 0 aliphatic heterocycles. The van der Waals surface area contributed by atoms with Crippen molar-refractivity contribution in [3.05, 3.63) is 35.3 Å². The van der Waals surface area contributed by atoms with Crippen molar-refractivity contribution in [2.45, 2.75) is 39.3 Å². The normalized spacial score (nSPS) is 11.2. The van der Waals surface area contributed by atoms with E-state index in [0.29, 0.717) is 6.61 Å². The van der Waals surface area contributed by atoms with Crippen LogP contribution in [-0.4, -0.2) is 36.8 Å². The Morgan fingerprint density at radius 3 is 2.62 bits per heavy atom. The number of nitrogens with one attached hydrogen (secondary N) is 2. The summed E-state index contributed by atoms with van der Waals surface area (Å²) in [7, 11) is 1.93. The molecule has 1 heterocycles. The van der Waals surface area contributed by atoms with E-state index in [4.69, 9.17) is 9.47 Å². The van der Waals surface area contributed by atoms with Crippen LogP contribution in [0, 0.1) is 0 Å². The molecule has 0 aliphatic carbocycles. The Bertz CT molecular complexity index is 693. The third-order valence-electron chi connectivity index (χ3n) is 3.32. The Kier molecular flexibility index (Phi) is 7.41. The lowest BCUT2D eigenvalue weighted by atomic mass is 10.1. The topological polar surface area (TPSA) is 72.5 Å². The van der Waals surface area contributed by atoms with Gasteiger partial charge in [-0.1, -0.05) is 0 Å². The van der Waals surface area contributed by atoms with Gasteiger partial charge in [0.15, 0.2) is 0 Å². The van der Waals surface area contributed by atoms with Crippen molar-refractivity contribution in [3.8, 4) is 16.3 Å². The Hall–Kier alpha value is -2.12. The van der Waals surface area contributed by atoms with Crippen molar-refractivity contribution >= 4 is 17.4 Å². The zero-order valence-corrected chi connectivity index (χ0v) is 16.6. The molecule has 2 rings (SSSR count). The van der Waals surface area contributed by atoms with Crippen LogP contribution in [-0.2, 0) is 11.3 Å². The van der Waals surface area contributed by atoms with E-state index in [0.717, 1.165) is 34.2 Å². The summed E-state index contributed by atoms with van der Waals surface area (Å²) in [5.74, 6) is 0.851. The molecule has 26 heavy (non-hydrogen) atoms. The number of hydrogen-bond acceptors (Lipinski definition) is 6. The molecule has 0 saturated heterocycles. The number of aromatic nitrogens is 1.